The smallest absolute Gasteiger partial charge is 0.352 e. The van der Waals surface area contributed by atoms with Crippen molar-refractivity contribution in [3.63, 3.8) is 0 Å². The lowest BCUT2D eigenvalue weighted by Crippen LogP contribution is -2.49. The molecule has 1 atom stereocenters. The number of alkyl halides is 3. The molecular formula is C25H23F3N4O3. The Morgan fingerprint density at radius 2 is 1.86 bits per heavy atom. The van der Waals surface area contributed by atoms with E-state index in [1.165, 1.54) is 56.1 Å². The summed E-state index contributed by atoms with van der Waals surface area (Å²) >= 11 is 0. The van der Waals surface area contributed by atoms with Crippen LogP contribution < -0.4 is 10.2 Å². The predicted molar refractivity (Wildman–Crippen MR) is 122 cm³/mol. The van der Waals surface area contributed by atoms with Gasteiger partial charge in [-0.1, -0.05) is 12.1 Å². The number of amides is 3. The largest absolute Gasteiger partial charge is 0.416 e. The molecule has 35 heavy (non-hydrogen) atoms. The summed E-state index contributed by atoms with van der Waals surface area (Å²) < 4.78 is 39.9. The van der Waals surface area contributed by atoms with Crippen molar-refractivity contribution in [3.8, 4) is 6.07 Å². The van der Waals surface area contributed by atoms with E-state index < -0.39 is 35.5 Å². The van der Waals surface area contributed by atoms with Gasteiger partial charge in [0.15, 0.2) is 5.78 Å². The molecule has 1 heterocycles. The summed E-state index contributed by atoms with van der Waals surface area (Å²) in [5.41, 5.74) is -0.0365. The molecule has 10 heteroatoms. The Hall–Kier alpha value is -4.13. The number of urea groups is 1. The van der Waals surface area contributed by atoms with E-state index in [1.54, 1.807) is 6.92 Å². The van der Waals surface area contributed by atoms with E-state index in [4.69, 9.17) is 0 Å². The summed E-state index contributed by atoms with van der Waals surface area (Å²) in [6, 6.07) is 8.93. The Bertz CT molecular complexity index is 1280. The highest BCUT2D eigenvalue weighted by atomic mass is 19.4. The number of hydrogen-bond acceptors (Lipinski definition) is 4. The van der Waals surface area contributed by atoms with Crippen LogP contribution in [0.2, 0.25) is 0 Å². The fourth-order valence-corrected chi connectivity index (χ4v) is 4.18. The van der Waals surface area contributed by atoms with Crippen molar-refractivity contribution < 1.29 is 27.6 Å². The molecule has 0 bridgehead atoms. The van der Waals surface area contributed by atoms with Gasteiger partial charge in [-0.05, 0) is 56.7 Å². The lowest BCUT2D eigenvalue weighted by atomic mass is 9.87. The average molecular weight is 484 g/mol. The highest BCUT2D eigenvalue weighted by Gasteiger charge is 2.41. The van der Waals surface area contributed by atoms with Crippen molar-refractivity contribution in [2.24, 2.45) is 0 Å². The Morgan fingerprint density at radius 3 is 2.43 bits per heavy atom. The molecule has 3 rings (SSSR count). The fraction of sp³-hybridized carbons (Fsp3) is 0.280. The summed E-state index contributed by atoms with van der Waals surface area (Å²) in [6.45, 7) is 4.80. The number of nitrogens with zero attached hydrogens (tertiary/aromatic N) is 3. The number of halogens is 3. The number of carbonyl (C=O) groups excluding carboxylic acids is 3. The summed E-state index contributed by atoms with van der Waals surface area (Å²) in [5, 5.41) is 12.0. The van der Waals surface area contributed by atoms with Crippen LogP contribution in [-0.2, 0) is 11.0 Å². The van der Waals surface area contributed by atoms with Gasteiger partial charge < -0.3 is 10.2 Å². The number of anilines is 1. The third kappa shape index (κ3) is 4.75. The van der Waals surface area contributed by atoms with E-state index in [2.05, 4.69) is 5.32 Å². The zero-order valence-corrected chi connectivity index (χ0v) is 19.5. The van der Waals surface area contributed by atoms with Crippen molar-refractivity contribution in [2.75, 3.05) is 18.5 Å². The van der Waals surface area contributed by atoms with Crippen LogP contribution in [0.4, 0.5) is 23.7 Å². The molecule has 1 aliphatic heterocycles. The van der Waals surface area contributed by atoms with Gasteiger partial charge in [0.05, 0.1) is 28.9 Å². The molecule has 2 aromatic rings. The molecule has 1 unspecified atom stereocenters. The molecule has 0 aliphatic carbocycles. The number of rotatable bonds is 5. The van der Waals surface area contributed by atoms with Crippen molar-refractivity contribution in [3.05, 3.63) is 76.0 Å². The average Bonchev–Trinajstić information content (AvgIpc) is 2.80. The van der Waals surface area contributed by atoms with Gasteiger partial charge in [-0.15, -0.1) is 0 Å². The Balaban J connectivity index is 2.25. The molecule has 3 amide bonds. The van der Waals surface area contributed by atoms with Crippen molar-refractivity contribution >= 4 is 23.4 Å². The molecule has 1 aliphatic rings. The number of ketones is 1. The van der Waals surface area contributed by atoms with Gasteiger partial charge in [-0.2, -0.15) is 18.4 Å². The molecule has 1 N–H and O–H groups in total. The molecule has 2 aromatic carbocycles. The minimum Gasteiger partial charge on any atom is -0.352 e. The first-order valence-electron chi connectivity index (χ1n) is 10.7. The first-order valence-corrected chi connectivity index (χ1v) is 10.7. The number of Topliss-reactive ketones (excluding diaryl/α,β-unsaturated/α-hetero) is 1. The minimum atomic E-state index is -4.62. The zero-order valence-electron chi connectivity index (χ0n) is 19.5. The van der Waals surface area contributed by atoms with Gasteiger partial charge in [0.1, 0.15) is 0 Å². The van der Waals surface area contributed by atoms with Crippen LogP contribution in [0.25, 0.3) is 0 Å². The van der Waals surface area contributed by atoms with Gasteiger partial charge in [-0.25, -0.2) is 4.79 Å². The van der Waals surface area contributed by atoms with E-state index in [0.29, 0.717) is 12.1 Å². The van der Waals surface area contributed by atoms with Crippen molar-refractivity contribution in [2.45, 2.75) is 33.0 Å². The van der Waals surface area contributed by atoms with E-state index >= 15 is 0 Å². The fourth-order valence-electron chi connectivity index (χ4n) is 4.18. The molecule has 0 saturated heterocycles. The van der Waals surface area contributed by atoms with E-state index in [0.717, 1.165) is 17.0 Å². The van der Waals surface area contributed by atoms with Crippen LogP contribution in [0.1, 0.15) is 53.9 Å². The predicted octanol–water partition coefficient (Wildman–Crippen LogP) is 4.80. The topological polar surface area (TPSA) is 93.5 Å². The number of likely N-dealkylation sites (N-methyl/N-ethyl adjacent to an activating group) is 1. The minimum absolute atomic E-state index is 0.0462. The van der Waals surface area contributed by atoms with Crippen molar-refractivity contribution in [1.82, 2.24) is 10.2 Å². The molecule has 0 radical (unpaired) electrons. The van der Waals surface area contributed by atoms with Gasteiger partial charge in [0, 0.05) is 30.4 Å². The lowest BCUT2D eigenvalue weighted by molar-refractivity contribution is -0.137. The highest BCUT2D eigenvalue weighted by Crippen LogP contribution is 2.41. The normalized spacial score (nSPS) is 16.3. The molecule has 0 aromatic heterocycles. The SMILES string of the molecule is CCNC(=O)c1cc(C#N)ccc1C1C(C(C)=O)=C(C)N(c2cccc(C(F)(F)F)c2)C(=O)N1C. The van der Waals surface area contributed by atoms with E-state index in [1.807, 2.05) is 6.07 Å². The Morgan fingerprint density at radius 1 is 1.17 bits per heavy atom. The maximum Gasteiger partial charge on any atom is 0.416 e. The molecule has 182 valence electrons. The van der Waals surface area contributed by atoms with Gasteiger partial charge in [0.2, 0.25) is 0 Å². The van der Waals surface area contributed by atoms with Crippen LogP contribution in [0.15, 0.2) is 53.7 Å². The quantitative estimate of drug-likeness (QED) is 0.660. The number of benzene rings is 2. The van der Waals surface area contributed by atoms with E-state index in [-0.39, 0.29) is 28.1 Å². The highest BCUT2D eigenvalue weighted by molar-refractivity contribution is 6.06. The first-order chi connectivity index (χ1) is 16.4. The molecular weight excluding hydrogens is 461 g/mol. The summed E-state index contributed by atoms with van der Waals surface area (Å²) in [5.74, 6) is -0.906. The van der Waals surface area contributed by atoms with Crippen LogP contribution in [0.5, 0.6) is 0 Å². The maximum absolute atomic E-state index is 13.5. The molecule has 0 saturated carbocycles. The summed E-state index contributed by atoms with van der Waals surface area (Å²) in [7, 11) is 1.41. The first kappa shape index (κ1) is 25.5. The maximum atomic E-state index is 13.5. The third-order valence-corrected chi connectivity index (χ3v) is 5.75. The number of allylic oxidation sites excluding steroid dienone is 1. The van der Waals surface area contributed by atoms with Crippen LogP contribution in [0, 0.1) is 11.3 Å². The molecule has 0 spiro atoms. The van der Waals surface area contributed by atoms with Gasteiger partial charge in [-0.3, -0.25) is 14.5 Å². The second kappa shape index (κ2) is 9.62. The summed E-state index contributed by atoms with van der Waals surface area (Å²) in [6.07, 6.45) is -4.62. The van der Waals surface area contributed by atoms with Gasteiger partial charge in [0.25, 0.3) is 5.91 Å². The number of nitrogens with one attached hydrogen (secondary N) is 1. The van der Waals surface area contributed by atoms with E-state index in [9.17, 15) is 32.8 Å². The Labute approximate surface area is 200 Å². The third-order valence-electron chi connectivity index (χ3n) is 5.75. The standard InChI is InChI=1S/C25H23F3N4O3/c1-5-30-23(34)20-11-16(13-29)9-10-19(20)22-21(15(3)33)14(2)32(24(35)31(22)4)18-8-6-7-17(12-18)25(26,27)28/h6-12,22H,5H2,1-4H3,(H,30,34). The molecule has 0 fully saturated rings. The Kier molecular flexibility index (Phi) is 7.01. The second-order valence-corrected chi connectivity index (χ2v) is 8.01. The lowest BCUT2D eigenvalue weighted by Gasteiger charge is -2.41. The van der Waals surface area contributed by atoms with Crippen LogP contribution in [-0.4, -0.2) is 36.2 Å². The second-order valence-electron chi connectivity index (χ2n) is 8.01. The molecule has 7 nitrogen and oxygen atoms in total. The van der Waals surface area contributed by atoms with Crippen molar-refractivity contribution in [1.29, 1.82) is 5.26 Å². The number of carbonyl (C=O) groups is 3. The van der Waals surface area contributed by atoms with Gasteiger partial charge >= 0.3 is 12.2 Å². The number of nitriles is 1. The number of hydrogen-bond donors (Lipinski definition) is 1. The zero-order chi connectivity index (χ0) is 26.1. The van der Waals surface area contributed by atoms with Crippen LogP contribution in [0.3, 0.4) is 0 Å². The van der Waals surface area contributed by atoms with Crippen LogP contribution >= 0.6 is 0 Å². The summed E-state index contributed by atoms with van der Waals surface area (Å²) in [4.78, 5) is 41.3. The monoisotopic (exact) mass is 484 g/mol.